The molecule has 0 aliphatic rings. The molecular formula is C16H29N3. The summed E-state index contributed by atoms with van der Waals surface area (Å²) in [5.41, 5.74) is 2.69. The van der Waals surface area contributed by atoms with Crippen LogP contribution in [0.1, 0.15) is 25.8 Å². The van der Waals surface area contributed by atoms with Crippen LogP contribution in [0.25, 0.3) is 0 Å². The smallest absolute Gasteiger partial charge is 0.0366 e. The van der Waals surface area contributed by atoms with Gasteiger partial charge in [0.15, 0.2) is 0 Å². The van der Waals surface area contributed by atoms with E-state index in [1.165, 1.54) is 17.7 Å². The predicted molar refractivity (Wildman–Crippen MR) is 84.9 cm³/mol. The zero-order valence-corrected chi connectivity index (χ0v) is 12.9. The molecule has 0 bridgehead atoms. The molecule has 0 saturated carbocycles. The summed E-state index contributed by atoms with van der Waals surface area (Å²) in [6, 6.07) is 8.96. The molecule has 108 valence electrons. The van der Waals surface area contributed by atoms with E-state index in [2.05, 4.69) is 67.3 Å². The van der Waals surface area contributed by atoms with E-state index in [0.717, 1.165) is 32.7 Å². The van der Waals surface area contributed by atoms with Crippen molar-refractivity contribution in [3.05, 3.63) is 29.8 Å². The zero-order chi connectivity index (χ0) is 14.1. The highest BCUT2D eigenvalue weighted by Crippen LogP contribution is 2.15. The lowest BCUT2D eigenvalue weighted by molar-refractivity contribution is 0.413. The number of likely N-dealkylation sites (N-methyl/N-ethyl adjacent to an activating group) is 1. The molecule has 1 rings (SSSR count). The lowest BCUT2D eigenvalue weighted by Crippen LogP contribution is -2.32. The molecule has 0 unspecified atom stereocenters. The molecule has 0 saturated heterocycles. The predicted octanol–water partition coefficient (Wildman–Crippen LogP) is 2.57. The van der Waals surface area contributed by atoms with Crippen molar-refractivity contribution in [3.8, 4) is 0 Å². The van der Waals surface area contributed by atoms with Crippen LogP contribution < -0.4 is 10.2 Å². The van der Waals surface area contributed by atoms with E-state index >= 15 is 0 Å². The van der Waals surface area contributed by atoms with Crippen molar-refractivity contribution in [1.29, 1.82) is 0 Å². The van der Waals surface area contributed by atoms with Crippen LogP contribution in [-0.4, -0.2) is 45.2 Å². The van der Waals surface area contributed by atoms with Crippen LogP contribution in [0.3, 0.4) is 0 Å². The van der Waals surface area contributed by atoms with Gasteiger partial charge in [0.1, 0.15) is 0 Å². The molecule has 1 N–H and O–H groups in total. The van der Waals surface area contributed by atoms with Crippen molar-refractivity contribution in [2.45, 2.75) is 26.8 Å². The topological polar surface area (TPSA) is 18.5 Å². The summed E-state index contributed by atoms with van der Waals surface area (Å²) in [5, 5.41) is 3.36. The maximum Gasteiger partial charge on any atom is 0.0366 e. The van der Waals surface area contributed by atoms with Crippen molar-refractivity contribution in [2.24, 2.45) is 0 Å². The molecule has 0 heterocycles. The molecule has 0 amide bonds. The molecule has 0 radical (unpaired) electrons. The average molecular weight is 263 g/mol. The largest absolute Gasteiger partial charge is 0.370 e. The van der Waals surface area contributed by atoms with Crippen LogP contribution in [0.5, 0.6) is 0 Å². The Bertz CT molecular complexity index is 332. The molecule has 3 heteroatoms. The molecular weight excluding hydrogens is 234 g/mol. The summed E-state index contributed by atoms with van der Waals surface area (Å²) in [7, 11) is 4.26. The maximum atomic E-state index is 3.36. The van der Waals surface area contributed by atoms with Crippen LogP contribution in [0.2, 0.25) is 0 Å². The summed E-state index contributed by atoms with van der Waals surface area (Å²) in [6.07, 6.45) is 1.19. The van der Waals surface area contributed by atoms with Gasteiger partial charge in [-0.1, -0.05) is 26.0 Å². The number of anilines is 1. The molecule has 0 aliphatic heterocycles. The Morgan fingerprint density at radius 1 is 0.947 bits per heavy atom. The summed E-state index contributed by atoms with van der Waals surface area (Å²) in [4.78, 5) is 4.71. The maximum absolute atomic E-state index is 3.36. The van der Waals surface area contributed by atoms with E-state index in [1.807, 2.05) is 0 Å². The standard InChI is InChI=1S/C16H29N3/c1-5-11-19(13-12-18(3)4)16-9-7-15(8-10-16)14-17-6-2/h7-10,17H,5-6,11-14H2,1-4H3. The fourth-order valence-electron chi connectivity index (χ4n) is 2.05. The van der Waals surface area contributed by atoms with Gasteiger partial charge in [0.05, 0.1) is 0 Å². The molecule has 0 atom stereocenters. The summed E-state index contributed by atoms with van der Waals surface area (Å²) < 4.78 is 0. The van der Waals surface area contributed by atoms with Gasteiger partial charge in [-0.05, 0) is 44.8 Å². The van der Waals surface area contributed by atoms with Gasteiger partial charge < -0.3 is 15.1 Å². The first-order chi connectivity index (χ1) is 9.17. The fraction of sp³-hybridized carbons (Fsp3) is 0.625. The zero-order valence-electron chi connectivity index (χ0n) is 12.9. The third kappa shape index (κ3) is 6.08. The molecule has 1 aromatic rings. The third-order valence-corrected chi connectivity index (χ3v) is 3.19. The molecule has 0 aromatic heterocycles. The van der Waals surface area contributed by atoms with E-state index in [9.17, 15) is 0 Å². The third-order valence-electron chi connectivity index (χ3n) is 3.19. The van der Waals surface area contributed by atoms with Gasteiger partial charge >= 0.3 is 0 Å². The fourth-order valence-corrected chi connectivity index (χ4v) is 2.05. The number of nitrogens with one attached hydrogen (secondary N) is 1. The Hall–Kier alpha value is -1.06. The van der Waals surface area contributed by atoms with Crippen LogP contribution in [-0.2, 0) is 6.54 Å². The van der Waals surface area contributed by atoms with Crippen LogP contribution in [0, 0.1) is 0 Å². The summed E-state index contributed by atoms with van der Waals surface area (Å²) >= 11 is 0. The molecule has 19 heavy (non-hydrogen) atoms. The van der Waals surface area contributed by atoms with E-state index < -0.39 is 0 Å². The highest BCUT2D eigenvalue weighted by atomic mass is 15.2. The number of rotatable bonds is 9. The van der Waals surface area contributed by atoms with Gasteiger partial charge in [0.25, 0.3) is 0 Å². The number of hydrogen-bond acceptors (Lipinski definition) is 3. The summed E-state index contributed by atoms with van der Waals surface area (Å²) in [6.45, 7) is 9.67. The van der Waals surface area contributed by atoms with Gasteiger partial charge in [-0.3, -0.25) is 0 Å². The SMILES string of the molecule is CCCN(CCN(C)C)c1ccc(CNCC)cc1. The number of nitrogens with zero attached hydrogens (tertiary/aromatic N) is 2. The minimum Gasteiger partial charge on any atom is -0.370 e. The molecule has 0 fully saturated rings. The van der Waals surface area contributed by atoms with Crippen molar-refractivity contribution >= 4 is 5.69 Å². The van der Waals surface area contributed by atoms with Crippen LogP contribution >= 0.6 is 0 Å². The summed E-state index contributed by atoms with van der Waals surface area (Å²) in [5.74, 6) is 0. The van der Waals surface area contributed by atoms with Gasteiger partial charge in [0, 0.05) is 31.9 Å². The minimum absolute atomic E-state index is 0.961. The van der Waals surface area contributed by atoms with Gasteiger partial charge in [-0.15, -0.1) is 0 Å². The minimum atomic E-state index is 0.961. The van der Waals surface area contributed by atoms with E-state index in [4.69, 9.17) is 0 Å². The Morgan fingerprint density at radius 2 is 1.63 bits per heavy atom. The Morgan fingerprint density at radius 3 is 2.16 bits per heavy atom. The lowest BCUT2D eigenvalue weighted by atomic mass is 10.2. The highest BCUT2D eigenvalue weighted by molar-refractivity contribution is 5.47. The average Bonchev–Trinajstić information content (AvgIpc) is 2.41. The van der Waals surface area contributed by atoms with Gasteiger partial charge in [-0.2, -0.15) is 0 Å². The molecule has 3 nitrogen and oxygen atoms in total. The molecule has 1 aromatic carbocycles. The van der Waals surface area contributed by atoms with Crippen LogP contribution in [0.15, 0.2) is 24.3 Å². The first-order valence-corrected chi connectivity index (χ1v) is 7.36. The van der Waals surface area contributed by atoms with Crippen molar-refractivity contribution in [1.82, 2.24) is 10.2 Å². The van der Waals surface area contributed by atoms with E-state index in [0.29, 0.717) is 0 Å². The highest BCUT2D eigenvalue weighted by Gasteiger charge is 2.05. The normalized spacial score (nSPS) is 11.0. The second-order valence-electron chi connectivity index (χ2n) is 5.24. The molecule has 0 spiro atoms. The monoisotopic (exact) mass is 263 g/mol. The molecule has 0 aliphatic carbocycles. The number of hydrogen-bond donors (Lipinski definition) is 1. The quantitative estimate of drug-likeness (QED) is 0.739. The second-order valence-corrected chi connectivity index (χ2v) is 5.24. The first-order valence-electron chi connectivity index (χ1n) is 7.36. The van der Waals surface area contributed by atoms with Gasteiger partial charge in [-0.25, -0.2) is 0 Å². The van der Waals surface area contributed by atoms with Crippen molar-refractivity contribution in [3.63, 3.8) is 0 Å². The van der Waals surface area contributed by atoms with Gasteiger partial charge in [0.2, 0.25) is 0 Å². The number of benzene rings is 1. The Labute approximate surface area is 118 Å². The Kier molecular flexibility index (Phi) is 7.53. The lowest BCUT2D eigenvalue weighted by Gasteiger charge is -2.26. The second kappa shape index (κ2) is 8.94. The van der Waals surface area contributed by atoms with E-state index in [-0.39, 0.29) is 0 Å². The first kappa shape index (κ1) is 16.0. The Balaban J connectivity index is 2.62. The van der Waals surface area contributed by atoms with Crippen LogP contribution in [0.4, 0.5) is 5.69 Å². The van der Waals surface area contributed by atoms with Crippen molar-refractivity contribution in [2.75, 3.05) is 45.2 Å². The van der Waals surface area contributed by atoms with E-state index in [1.54, 1.807) is 0 Å². The van der Waals surface area contributed by atoms with Crippen molar-refractivity contribution < 1.29 is 0 Å².